The summed E-state index contributed by atoms with van der Waals surface area (Å²) in [6, 6.07) is 14.0. The number of benzene rings is 2. The highest BCUT2D eigenvalue weighted by atomic mass is 16.5. The molecule has 2 aromatic rings. The van der Waals surface area contributed by atoms with E-state index in [1.54, 1.807) is 7.11 Å². The van der Waals surface area contributed by atoms with Crippen LogP contribution in [0.2, 0.25) is 0 Å². The van der Waals surface area contributed by atoms with E-state index in [-0.39, 0.29) is 0 Å². The second kappa shape index (κ2) is 5.89. The van der Waals surface area contributed by atoms with Crippen molar-refractivity contribution in [3.8, 4) is 5.75 Å². The summed E-state index contributed by atoms with van der Waals surface area (Å²) in [7, 11) is 1.64. The number of aryl methyl sites for hydroxylation is 2. The van der Waals surface area contributed by atoms with Gasteiger partial charge in [0.15, 0.2) is 0 Å². The van der Waals surface area contributed by atoms with Gasteiger partial charge in [-0.3, -0.25) is 0 Å². The maximum atomic E-state index is 10.3. The van der Waals surface area contributed by atoms with Gasteiger partial charge in [0, 0.05) is 6.42 Å². The fraction of sp³-hybridized carbons (Fsp3) is 0.294. The van der Waals surface area contributed by atoms with Crippen molar-refractivity contribution < 1.29 is 9.84 Å². The molecule has 0 amide bonds. The molecule has 0 radical (unpaired) electrons. The lowest BCUT2D eigenvalue weighted by Crippen LogP contribution is -2.02. The largest absolute Gasteiger partial charge is 0.497 e. The van der Waals surface area contributed by atoms with Gasteiger partial charge in [0.25, 0.3) is 0 Å². The third-order valence-electron chi connectivity index (χ3n) is 3.21. The van der Waals surface area contributed by atoms with Crippen molar-refractivity contribution in [2.45, 2.75) is 26.4 Å². The molecule has 0 saturated carbocycles. The Hall–Kier alpha value is -1.80. The van der Waals surface area contributed by atoms with Gasteiger partial charge in [0.1, 0.15) is 5.75 Å². The molecule has 2 nitrogen and oxygen atoms in total. The zero-order chi connectivity index (χ0) is 13.8. The van der Waals surface area contributed by atoms with Crippen molar-refractivity contribution in [2.75, 3.05) is 7.11 Å². The lowest BCUT2D eigenvalue weighted by molar-refractivity contribution is 0.178. The van der Waals surface area contributed by atoms with Gasteiger partial charge in [0.2, 0.25) is 0 Å². The van der Waals surface area contributed by atoms with Crippen molar-refractivity contribution in [3.63, 3.8) is 0 Å². The molecule has 1 N–H and O–H groups in total. The third-order valence-corrected chi connectivity index (χ3v) is 3.21. The van der Waals surface area contributed by atoms with Crippen molar-refractivity contribution in [3.05, 3.63) is 64.7 Å². The van der Waals surface area contributed by atoms with Crippen LogP contribution in [0, 0.1) is 13.8 Å². The van der Waals surface area contributed by atoms with E-state index in [0.29, 0.717) is 6.42 Å². The zero-order valence-electron chi connectivity index (χ0n) is 11.7. The first kappa shape index (κ1) is 13.6. The molecule has 0 bridgehead atoms. The lowest BCUT2D eigenvalue weighted by Gasteiger charge is -2.13. The highest BCUT2D eigenvalue weighted by molar-refractivity contribution is 5.32. The third kappa shape index (κ3) is 3.58. The fourth-order valence-corrected chi connectivity index (χ4v) is 2.35. The summed E-state index contributed by atoms with van der Waals surface area (Å²) in [5, 5.41) is 10.3. The van der Waals surface area contributed by atoms with Gasteiger partial charge >= 0.3 is 0 Å². The zero-order valence-corrected chi connectivity index (χ0v) is 11.7. The van der Waals surface area contributed by atoms with Crippen LogP contribution >= 0.6 is 0 Å². The maximum absolute atomic E-state index is 10.3. The van der Waals surface area contributed by atoms with Gasteiger partial charge in [-0.25, -0.2) is 0 Å². The van der Waals surface area contributed by atoms with E-state index in [4.69, 9.17) is 4.74 Å². The van der Waals surface area contributed by atoms with Crippen LogP contribution in [-0.2, 0) is 6.42 Å². The van der Waals surface area contributed by atoms with Gasteiger partial charge in [-0.2, -0.15) is 0 Å². The Balaban J connectivity index is 2.13. The molecule has 0 aliphatic carbocycles. The van der Waals surface area contributed by atoms with Gasteiger partial charge in [0.05, 0.1) is 13.2 Å². The van der Waals surface area contributed by atoms with E-state index in [1.165, 1.54) is 16.7 Å². The second-order valence-corrected chi connectivity index (χ2v) is 4.99. The summed E-state index contributed by atoms with van der Waals surface area (Å²) < 4.78 is 5.12. The Labute approximate surface area is 114 Å². The molecule has 2 aromatic carbocycles. The molecule has 100 valence electrons. The molecule has 2 heteroatoms. The predicted octanol–water partition coefficient (Wildman–Crippen LogP) is 3.59. The fourth-order valence-electron chi connectivity index (χ4n) is 2.35. The maximum Gasteiger partial charge on any atom is 0.118 e. The van der Waals surface area contributed by atoms with Crippen molar-refractivity contribution in [1.29, 1.82) is 0 Å². The van der Waals surface area contributed by atoms with Gasteiger partial charge in [-0.05, 0) is 37.1 Å². The summed E-state index contributed by atoms with van der Waals surface area (Å²) in [5.74, 6) is 0.808. The molecule has 2 rings (SSSR count). The average Bonchev–Trinajstić information content (AvgIpc) is 2.37. The Kier molecular flexibility index (Phi) is 4.23. The molecule has 0 aliphatic rings. The number of rotatable bonds is 4. The van der Waals surface area contributed by atoms with Crippen molar-refractivity contribution in [1.82, 2.24) is 0 Å². The van der Waals surface area contributed by atoms with Crippen molar-refractivity contribution >= 4 is 0 Å². The summed E-state index contributed by atoms with van der Waals surface area (Å²) in [6.07, 6.45) is 0.154. The highest BCUT2D eigenvalue weighted by Crippen LogP contribution is 2.22. The molecule has 0 heterocycles. The number of methoxy groups -OCH3 is 1. The molecule has 1 atom stereocenters. The molecule has 0 aliphatic heterocycles. The predicted molar refractivity (Wildman–Crippen MR) is 77.6 cm³/mol. The smallest absolute Gasteiger partial charge is 0.118 e. The highest BCUT2D eigenvalue weighted by Gasteiger charge is 2.09. The van der Waals surface area contributed by atoms with E-state index in [2.05, 4.69) is 32.0 Å². The van der Waals surface area contributed by atoms with Crippen LogP contribution in [0.25, 0.3) is 0 Å². The van der Waals surface area contributed by atoms with Gasteiger partial charge in [-0.15, -0.1) is 0 Å². The van der Waals surface area contributed by atoms with E-state index in [1.807, 2.05) is 24.3 Å². The topological polar surface area (TPSA) is 29.5 Å². The van der Waals surface area contributed by atoms with E-state index >= 15 is 0 Å². The van der Waals surface area contributed by atoms with Crippen LogP contribution < -0.4 is 4.74 Å². The average molecular weight is 256 g/mol. The summed E-state index contributed by atoms with van der Waals surface area (Å²) in [6.45, 7) is 4.16. The van der Waals surface area contributed by atoms with E-state index < -0.39 is 6.10 Å². The first-order chi connectivity index (χ1) is 9.08. The molecule has 19 heavy (non-hydrogen) atoms. The van der Waals surface area contributed by atoms with Gasteiger partial charge in [-0.1, -0.05) is 41.5 Å². The monoisotopic (exact) mass is 256 g/mol. The van der Waals surface area contributed by atoms with Crippen LogP contribution in [0.3, 0.4) is 0 Å². The Morgan fingerprint density at radius 2 is 1.58 bits per heavy atom. The minimum Gasteiger partial charge on any atom is -0.497 e. The van der Waals surface area contributed by atoms with E-state index in [0.717, 1.165) is 11.3 Å². The molecule has 0 saturated heterocycles. The Morgan fingerprint density at radius 3 is 2.11 bits per heavy atom. The lowest BCUT2D eigenvalue weighted by atomic mass is 9.98. The number of hydrogen-bond donors (Lipinski definition) is 1. The summed E-state index contributed by atoms with van der Waals surface area (Å²) in [4.78, 5) is 0. The summed E-state index contributed by atoms with van der Waals surface area (Å²) >= 11 is 0. The normalized spacial score (nSPS) is 12.2. The molecule has 1 unspecified atom stereocenters. The van der Waals surface area contributed by atoms with Crippen LogP contribution in [0.1, 0.15) is 28.4 Å². The molecule has 0 spiro atoms. The Bertz CT molecular complexity index is 523. The molecular formula is C17H20O2. The molecular weight excluding hydrogens is 236 g/mol. The van der Waals surface area contributed by atoms with Gasteiger partial charge < -0.3 is 9.84 Å². The number of aliphatic hydroxyl groups is 1. The first-order valence-electron chi connectivity index (χ1n) is 6.47. The first-order valence-corrected chi connectivity index (χ1v) is 6.47. The second-order valence-electron chi connectivity index (χ2n) is 4.99. The number of ether oxygens (including phenoxy) is 1. The SMILES string of the molecule is COc1ccc(C(O)Cc2cc(C)cc(C)c2)cc1. The quantitative estimate of drug-likeness (QED) is 0.906. The van der Waals surface area contributed by atoms with Crippen LogP contribution in [0.5, 0.6) is 5.75 Å². The molecule has 0 fully saturated rings. The standard InChI is InChI=1S/C17H20O2/c1-12-8-13(2)10-14(9-12)11-17(18)15-4-6-16(19-3)7-5-15/h4-10,17-18H,11H2,1-3H3. The van der Waals surface area contributed by atoms with Crippen molar-refractivity contribution in [2.24, 2.45) is 0 Å². The Morgan fingerprint density at radius 1 is 1.00 bits per heavy atom. The number of aliphatic hydroxyl groups excluding tert-OH is 1. The minimum atomic E-state index is -0.480. The number of hydrogen-bond acceptors (Lipinski definition) is 2. The van der Waals surface area contributed by atoms with Crippen LogP contribution in [0.4, 0.5) is 0 Å². The van der Waals surface area contributed by atoms with Crippen LogP contribution in [-0.4, -0.2) is 12.2 Å². The minimum absolute atomic E-state index is 0.480. The summed E-state index contributed by atoms with van der Waals surface area (Å²) in [5.41, 5.74) is 4.55. The molecule has 0 aromatic heterocycles. The van der Waals surface area contributed by atoms with Crippen LogP contribution in [0.15, 0.2) is 42.5 Å². The van der Waals surface area contributed by atoms with E-state index in [9.17, 15) is 5.11 Å².